The summed E-state index contributed by atoms with van der Waals surface area (Å²) in [5.41, 5.74) is 0. The molecule has 0 saturated carbocycles. The predicted octanol–water partition coefficient (Wildman–Crippen LogP) is 0.803. The molecular formula is C3H8ClFO. The minimum atomic E-state index is -0.415. The van der Waals surface area contributed by atoms with Gasteiger partial charge in [-0.1, -0.05) is 0 Å². The molecule has 0 heterocycles. The minimum Gasteiger partial charge on any atom is -0.400 e. The first-order chi connectivity index (χ1) is 2.91. The van der Waals surface area contributed by atoms with Crippen molar-refractivity contribution in [3.8, 4) is 0 Å². The van der Waals surface area contributed by atoms with Gasteiger partial charge in [-0.25, -0.2) is 4.39 Å². The standard InChI is InChI=1S/C2H4ClF.CH4O/c3-1-2-4;1-2/h1-2H2;2H,1H3. The van der Waals surface area contributed by atoms with Crippen molar-refractivity contribution < 1.29 is 9.50 Å². The van der Waals surface area contributed by atoms with Gasteiger partial charge in [0, 0.05) is 7.11 Å². The normalized spacial score (nSPS) is 6.00. The second kappa shape index (κ2) is 19.0. The quantitative estimate of drug-likeness (QED) is 0.500. The molecule has 0 aromatic rings. The van der Waals surface area contributed by atoms with E-state index < -0.39 is 6.67 Å². The van der Waals surface area contributed by atoms with Crippen LogP contribution in [0.15, 0.2) is 0 Å². The van der Waals surface area contributed by atoms with E-state index in [9.17, 15) is 4.39 Å². The maximum absolute atomic E-state index is 10.6. The monoisotopic (exact) mass is 114 g/mol. The Bertz CT molecular complexity index is 12.8. The van der Waals surface area contributed by atoms with E-state index in [4.69, 9.17) is 16.7 Å². The van der Waals surface area contributed by atoms with Crippen LogP contribution in [0.4, 0.5) is 4.39 Å². The third-order valence-corrected chi connectivity index (χ3v) is 0.214. The summed E-state index contributed by atoms with van der Waals surface area (Å²) in [6.45, 7) is -0.415. The van der Waals surface area contributed by atoms with E-state index in [1.807, 2.05) is 0 Å². The summed E-state index contributed by atoms with van der Waals surface area (Å²) in [4.78, 5) is 0. The SMILES string of the molecule is CO.FCCCl. The number of rotatable bonds is 1. The fourth-order valence-corrected chi connectivity index (χ4v) is 0. The van der Waals surface area contributed by atoms with Crippen molar-refractivity contribution in [1.82, 2.24) is 0 Å². The van der Waals surface area contributed by atoms with Crippen LogP contribution in [0, 0.1) is 0 Å². The third-order valence-electron chi connectivity index (χ3n) is 0.0714. The van der Waals surface area contributed by atoms with Gasteiger partial charge >= 0.3 is 0 Å². The van der Waals surface area contributed by atoms with Crippen LogP contribution in [0.2, 0.25) is 0 Å². The molecule has 6 heavy (non-hydrogen) atoms. The number of halogens is 2. The van der Waals surface area contributed by atoms with Crippen molar-refractivity contribution in [2.45, 2.75) is 0 Å². The molecule has 0 aromatic heterocycles. The topological polar surface area (TPSA) is 20.2 Å². The summed E-state index contributed by atoms with van der Waals surface area (Å²) >= 11 is 4.81. The number of hydrogen-bond donors (Lipinski definition) is 1. The summed E-state index contributed by atoms with van der Waals surface area (Å²) in [5, 5.41) is 7.00. The Labute approximate surface area is 41.7 Å². The molecule has 0 spiro atoms. The van der Waals surface area contributed by atoms with Gasteiger partial charge in [-0.05, 0) is 0 Å². The van der Waals surface area contributed by atoms with Crippen LogP contribution in [-0.4, -0.2) is 24.8 Å². The molecule has 0 saturated heterocycles. The molecule has 0 aliphatic heterocycles. The van der Waals surface area contributed by atoms with Gasteiger partial charge in [0.25, 0.3) is 0 Å². The summed E-state index contributed by atoms with van der Waals surface area (Å²) in [7, 11) is 1.00. The molecule has 0 aliphatic carbocycles. The molecule has 0 aromatic carbocycles. The van der Waals surface area contributed by atoms with Gasteiger partial charge in [0.2, 0.25) is 0 Å². The smallest absolute Gasteiger partial charge is 0.103 e. The molecular weight excluding hydrogens is 106 g/mol. The first-order valence-electron chi connectivity index (χ1n) is 1.48. The second-order valence-electron chi connectivity index (χ2n) is 0.378. The molecule has 1 nitrogen and oxygen atoms in total. The molecule has 3 heteroatoms. The fourth-order valence-electron chi connectivity index (χ4n) is 0. The van der Waals surface area contributed by atoms with Crippen LogP contribution in [0.3, 0.4) is 0 Å². The van der Waals surface area contributed by atoms with E-state index in [0.717, 1.165) is 7.11 Å². The van der Waals surface area contributed by atoms with E-state index >= 15 is 0 Å². The highest BCUT2D eigenvalue weighted by Gasteiger charge is 1.63. The highest BCUT2D eigenvalue weighted by atomic mass is 35.5. The number of aliphatic hydroxyl groups is 1. The summed E-state index contributed by atoms with van der Waals surface area (Å²) in [6.07, 6.45) is 0. The Kier molecular flexibility index (Phi) is 30.1. The predicted molar refractivity (Wildman–Crippen MR) is 24.8 cm³/mol. The molecule has 0 amide bonds. The molecule has 0 unspecified atom stereocenters. The Morgan fingerprint density at radius 2 is 1.83 bits per heavy atom. The lowest BCUT2D eigenvalue weighted by Gasteiger charge is -1.62. The Hall–Kier alpha value is 0.180. The van der Waals surface area contributed by atoms with Crippen molar-refractivity contribution in [2.75, 3.05) is 19.7 Å². The van der Waals surface area contributed by atoms with Gasteiger partial charge in [0.15, 0.2) is 0 Å². The van der Waals surface area contributed by atoms with Gasteiger partial charge in [-0.3, -0.25) is 0 Å². The van der Waals surface area contributed by atoms with Crippen LogP contribution < -0.4 is 0 Å². The zero-order chi connectivity index (χ0) is 5.41. The average Bonchev–Trinajstić information content (AvgIpc) is 1.72. The van der Waals surface area contributed by atoms with Crippen molar-refractivity contribution in [2.24, 2.45) is 0 Å². The lowest BCUT2D eigenvalue weighted by atomic mass is 10.9. The van der Waals surface area contributed by atoms with Crippen molar-refractivity contribution >= 4 is 11.6 Å². The summed E-state index contributed by atoms with van der Waals surface area (Å²) < 4.78 is 10.6. The summed E-state index contributed by atoms with van der Waals surface area (Å²) in [6, 6.07) is 0. The van der Waals surface area contributed by atoms with Gasteiger partial charge in [0.05, 0.1) is 5.88 Å². The van der Waals surface area contributed by atoms with E-state index in [1.165, 1.54) is 0 Å². The first-order valence-corrected chi connectivity index (χ1v) is 2.02. The van der Waals surface area contributed by atoms with Gasteiger partial charge in [-0.2, -0.15) is 0 Å². The number of hydrogen-bond acceptors (Lipinski definition) is 1. The van der Waals surface area contributed by atoms with E-state index in [2.05, 4.69) is 0 Å². The molecule has 0 fully saturated rings. The number of aliphatic hydroxyl groups excluding tert-OH is 1. The zero-order valence-electron chi connectivity index (χ0n) is 3.62. The van der Waals surface area contributed by atoms with E-state index in [0.29, 0.717) is 0 Å². The van der Waals surface area contributed by atoms with Crippen LogP contribution in [0.25, 0.3) is 0 Å². The molecule has 40 valence electrons. The molecule has 1 N–H and O–H groups in total. The third kappa shape index (κ3) is 30.4. The second-order valence-corrected chi connectivity index (χ2v) is 0.756. The molecule has 0 aliphatic rings. The maximum atomic E-state index is 10.6. The Balaban J connectivity index is 0. The number of alkyl halides is 2. The zero-order valence-corrected chi connectivity index (χ0v) is 4.37. The first kappa shape index (κ1) is 9.49. The van der Waals surface area contributed by atoms with Gasteiger partial charge in [0.1, 0.15) is 6.67 Å². The Morgan fingerprint density at radius 3 is 1.83 bits per heavy atom. The lowest BCUT2D eigenvalue weighted by molar-refractivity contribution is 0.399. The van der Waals surface area contributed by atoms with Crippen LogP contribution >= 0.6 is 11.6 Å². The Morgan fingerprint density at radius 1 is 1.67 bits per heavy atom. The van der Waals surface area contributed by atoms with Gasteiger partial charge in [-0.15, -0.1) is 11.6 Å². The maximum Gasteiger partial charge on any atom is 0.103 e. The van der Waals surface area contributed by atoms with Crippen molar-refractivity contribution in [3.05, 3.63) is 0 Å². The van der Waals surface area contributed by atoms with Crippen LogP contribution in [0.5, 0.6) is 0 Å². The highest BCUT2D eigenvalue weighted by Crippen LogP contribution is 1.69. The minimum absolute atomic E-state index is 0.125. The molecule has 0 rings (SSSR count). The van der Waals surface area contributed by atoms with Crippen molar-refractivity contribution in [1.29, 1.82) is 0 Å². The van der Waals surface area contributed by atoms with Crippen molar-refractivity contribution in [3.63, 3.8) is 0 Å². The largest absolute Gasteiger partial charge is 0.400 e. The van der Waals surface area contributed by atoms with E-state index in [-0.39, 0.29) is 5.88 Å². The molecule has 0 atom stereocenters. The van der Waals surface area contributed by atoms with E-state index in [1.54, 1.807) is 0 Å². The highest BCUT2D eigenvalue weighted by molar-refractivity contribution is 6.17. The molecule has 0 radical (unpaired) electrons. The molecule has 0 bridgehead atoms. The van der Waals surface area contributed by atoms with Crippen LogP contribution in [-0.2, 0) is 0 Å². The van der Waals surface area contributed by atoms with Gasteiger partial charge < -0.3 is 5.11 Å². The lowest BCUT2D eigenvalue weighted by Crippen LogP contribution is -1.66. The average molecular weight is 115 g/mol. The fraction of sp³-hybridized carbons (Fsp3) is 1.00. The van der Waals surface area contributed by atoms with Crippen LogP contribution in [0.1, 0.15) is 0 Å². The summed E-state index contributed by atoms with van der Waals surface area (Å²) in [5.74, 6) is 0.125.